The molecule has 21 heavy (non-hydrogen) atoms. The maximum Gasteiger partial charge on any atom is 0.237 e. The second-order valence-corrected chi connectivity index (χ2v) is 7.29. The monoisotopic (exact) mass is 326 g/mol. The largest absolute Gasteiger partial charge is 0.368 e. The second-order valence-electron chi connectivity index (χ2n) is 5.60. The van der Waals surface area contributed by atoms with Crippen molar-refractivity contribution in [2.24, 2.45) is 5.73 Å². The summed E-state index contributed by atoms with van der Waals surface area (Å²) in [5.41, 5.74) is 6.28. The summed E-state index contributed by atoms with van der Waals surface area (Å²) in [5, 5.41) is 4.58. The summed E-state index contributed by atoms with van der Waals surface area (Å²) < 4.78 is 0. The third kappa shape index (κ3) is 4.15. The lowest BCUT2D eigenvalue weighted by atomic mass is 9.80. The van der Waals surface area contributed by atoms with Crippen molar-refractivity contribution in [2.45, 2.75) is 49.1 Å². The number of nitrogens with two attached hydrogens (primary N) is 1. The number of primary amides is 1. The van der Waals surface area contributed by atoms with Crippen LogP contribution in [-0.4, -0.2) is 23.2 Å². The summed E-state index contributed by atoms with van der Waals surface area (Å²) in [6.07, 6.45) is 3.83. The van der Waals surface area contributed by atoms with Gasteiger partial charge in [-0.1, -0.05) is 36.7 Å². The van der Waals surface area contributed by atoms with Crippen LogP contribution in [-0.2, 0) is 10.5 Å². The van der Waals surface area contributed by atoms with Crippen LogP contribution in [0.1, 0.15) is 38.2 Å². The molecule has 0 radical (unpaired) electrons. The van der Waals surface area contributed by atoms with E-state index < -0.39 is 5.54 Å². The number of benzene rings is 1. The highest BCUT2D eigenvalue weighted by atomic mass is 35.5. The third-order valence-electron chi connectivity index (χ3n) is 4.12. The fraction of sp³-hybridized carbons (Fsp3) is 0.562. The van der Waals surface area contributed by atoms with E-state index in [-0.39, 0.29) is 5.91 Å². The highest BCUT2D eigenvalue weighted by Gasteiger charge is 2.40. The van der Waals surface area contributed by atoms with Crippen LogP contribution in [0.4, 0.5) is 0 Å². The number of rotatable bonds is 6. The van der Waals surface area contributed by atoms with Crippen molar-refractivity contribution in [1.82, 2.24) is 5.32 Å². The second kappa shape index (κ2) is 7.52. The van der Waals surface area contributed by atoms with Crippen LogP contribution in [0.2, 0.25) is 5.02 Å². The number of carbonyl (C=O) groups excluding carboxylic acids is 1. The average molecular weight is 327 g/mol. The van der Waals surface area contributed by atoms with E-state index in [2.05, 4.69) is 11.4 Å². The minimum Gasteiger partial charge on any atom is -0.368 e. The molecule has 0 bridgehead atoms. The number of hydrogen-bond acceptors (Lipinski definition) is 3. The van der Waals surface area contributed by atoms with Crippen LogP contribution in [0.5, 0.6) is 0 Å². The quantitative estimate of drug-likeness (QED) is 0.843. The molecule has 1 aliphatic carbocycles. The van der Waals surface area contributed by atoms with Gasteiger partial charge >= 0.3 is 0 Å². The number of hydrogen-bond donors (Lipinski definition) is 2. The first-order chi connectivity index (χ1) is 10.1. The molecule has 0 heterocycles. The molecule has 2 atom stereocenters. The lowest BCUT2D eigenvalue weighted by Gasteiger charge is -2.39. The standard InChI is InChI=1S/C16H23ClN2OS/c1-2-19-16(15(18)20)9-5-7-13(10-16)21-11-12-6-3-4-8-14(12)17/h3-4,6,8,13,19H,2,5,7,9-11H2,1H3,(H2,18,20). The van der Waals surface area contributed by atoms with Crippen molar-refractivity contribution in [3.8, 4) is 0 Å². The molecule has 1 aromatic carbocycles. The van der Waals surface area contributed by atoms with E-state index in [0.29, 0.717) is 5.25 Å². The zero-order valence-corrected chi connectivity index (χ0v) is 14.0. The maximum absolute atomic E-state index is 11.9. The average Bonchev–Trinajstić information content (AvgIpc) is 2.47. The van der Waals surface area contributed by atoms with Crippen molar-refractivity contribution in [3.05, 3.63) is 34.9 Å². The molecule has 3 N–H and O–H groups in total. The Morgan fingerprint density at radius 1 is 1.52 bits per heavy atom. The number of thioether (sulfide) groups is 1. The Hall–Kier alpha value is -0.710. The lowest BCUT2D eigenvalue weighted by molar-refractivity contribution is -0.125. The number of amides is 1. The van der Waals surface area contributed by atoms with Gasteiger partial charge in [-0.25, -0.2) is 0 Å². The van der Waals surface area contributed by atoms with E-state index in [1.807, 2.05) is 36.9 Å². The number of halogens is 1. The summed E-state index contributed by atoms with van der Waals surface area (Å²) >= 11 is 8.08. The molecule has 2 unspecified atom stereocenters. The fourth-order valence-electron chi connectivity index (χ4n) is 3.00. The predicted molar refractivity (Wildman–Crippen MR) is 90.6 cm³/mol. The molecular formula is C16H23ClN2OS. The maximum atomic E-state index is 11.9. The fourth-order valence-corrected chi connectivity index (χ4v) is 4.68. The molecule has 0 spiro atoms. The molecule has 5 heteroatoms. The predicted octanol–water partition coefficient (Wildman–Crippen LogP) is 3.35. The minimum atomic E-state index is -0.523. The molecule has 1 aromatic rings. The van der Waals surface area contributed by atoms with E-state index >= 15 is 0 Å². The van der Waals surface area contributed by atoms with Gasteiger partial charge in [0, 0.05) is 16.0 Å². The van der Waals surface area contributed by atoms with E-state index in [1.54, 1.807) is 0 Å². The van der Waals surface area contributed by atoms with Crippen LogP contribution in [0, 0.1) is 0 Å². The molecule has 116 valence electrons. The molecule has 3 nitrogen and oxygen atoms in total. The Morgan fingerprint density at radius 3 is 2.95 bits per heavy atom. The van der Waals surface area contributed by atoms with Gasteiger partial charge in [-0.05, 0) is 43.9 Å². The Kier molecular flexibility index (Phi) is 5.97. The molecule has 1 fully saturated rings. The van der Waals surface area contributed by atoms with Crippen molar-refractivity contribution >= 4 is 29.3 Å². The Balaban J connectivity index is 1.98. The first-order valence-electron chi connectivity index (χ1n) is 7.47. The highest BCUT2D eigenvalue weighted by Crippen LogP contribution is 2.37. The summed E-state index contributed by atoms with van der Waals surface area (Å²) in [6, 6.07) is 7.93. The topological polar surface area (TPSA) is 55.1 Å². The van der Waals surface area contributed by atoms with Gasteiger partial charge in [-0.3, -0.25) is 4.79 Å². The Morgan fingerprint density at radius 2 is 2.29 bits per heavy atom. The molecule has 0 aliphatic heterocycles. The lowest BCUT2D eigenvalue weighted by Crippen LogP contribution is -2.58. The van der Waals surface area contributed by atoms with Crippen molar-refractivity contribution in [2.75, 3.05) is 6.54 Å². The van der Waals surface area contributed by atoms with Crippen molar-refractivity contribution in [3.63, 3.8) is 0 Å². The molecule has 1 amide bonds. The van der Waals surface area contributed by atoms with Crippen LogP contribution < -0.4 is 11.1 Å². The van der Waals surface area contributed by atoms with Crippen LogP contribution >= 0.6 is 23.4 Å². The zero-order chi connectivity index (χ0) is 15.3. The van der Waals surface area contributed by atoms with Gasteiger partial charge < -0.3 is 11.1 Å². The number of carbonyl (C=O) groups is 1. The smallest absolute Gasteiger partial charge is 0.237 e. The SMILES string of the molecule is CCNC1(C(N)=O)CCCC(SCc2ccccc2Cl)C1. The molecule has 2 rings (SSSR count). The van der Waals surface area contributed by atoms with Gasteiger partial charge in [-0.2, -0.15) is 11.8 Å². The Labute approximate surface area is 136 Å². The summed E-state index contributed by atoms with van der Waals surface area (Å²) in [4.78, 5) is 11.9. The zero-order valence-electron chi connectivity index (χ0n) is 12.4. The van der Waals surface area contributed by atoms with E-state index in [0.717, 1.165) is 48.6 Å². The third-order valence-corrected chi connectivity index (χ3v) is 5.85. The first kappa shape index (κ1) is 16.7. The van der Waals surface area contributed by atoms with Crippen LogP contribution in [0.3, 0.4) is 0 Å². The minimum absolute atomic E-state index is 0.215. The summed E-state index contributed by atoms with van der Waals surface area (Å²) in [7, 11) is 0. The van der Waals surface area contributed by atoms with Gasteiger partial charge in [0.15, 0.2) is 0 Å². The highest BCUT2D eigenvalue weighted by molar-refractivity contribution is 7.99. The first-order valence-corrected chi connectivity index (χ1v) is 8.90. The van der Waals surface area contributed by atoms with E-state index in [4.69, 9.17) is 17.3 Å². The number of likely N-dealkylation sites (N-methyl/N-ethyl adjacent to an activating group) is 1. The molecule has 0 aromatic heterocycles. The molecule has 1 saturated carbocycles. The Bertz CT molecular complexity index is 493. The van der Waals surface area contributed by atoms with E-state index in [9.17, 15) is 4.79 Å². The van der Waals surface area contributed by atoms with Crippen LogP contribution in [0.25, 0.3) is 0 Å². The van der Waals surface area contributed by atoms with Gasteiger partial charge in [-0.15, -0.1) is 0 Å². The van der Waals surface area contributed by atoms with Gasteiger partial charge in [0.1, 0.15) is 0 Å². The van der Waals surface area contributed by atoms with Gasteiger partial charge in [0.05, 0.1) is 5.54 Å². The molecule has 1 aliphatic rings. The van der Waals surface area contributed by atoms with Crippen LogP contribution in [0.15, 0.2) is 24.3 Å². The normalized spacial score (nSPS) is 25.7. The van der Waals surface area contributed by atoms with Crippen molar-refractivity contribution in [1.29, 1.82) is 0 Å². The van der Waals surface area contributed by atoms with E-state index in [1.165, 1.54) is 0 Å². The molecular weight excluding hydrogens is 304 g/mol. The summed E-state index contributed by atoms with van der Waals surface area (Å²) in [6.45, 7) is 2.79. The van der Waals surface area contributed by atoms with Gasteiger partial charge in [0.25, 0.3) is 0 Å². The molecule has 0 saturated heterocycles. The van der Waals surface area contributed by atoms with Gasteiger partial charge in [0.2, 0.25) is 5.91 Å². The van der Waals surface area contributed by atoms with Crippen molar-refractivity contribution < 1.29 is 4.79 Å². The summed E-state index contributed by atoms with van der Waals surface area (Å²) in [5.74, 6) is 0.665. The number of nitrogens with one attached hydrogen (secondary N) is 1.